The van der Waals surface area contributed by atoms with Gasteiger partial charge in [-0.2, -0.15) is 0 Å². The normalized spacial score (nSPS) is 11.8. The molecule has 0 aromatic heterocycles. The number of ether oxygens (including phenoxy) is 2. The monoisotopic (exact) mass is 565 g/mol. The molecule has 0 saturated carbocycles. The fourth-order valence-electron chi connectivity index (χ4n) is 3.15. The minimum Gasteiger partial charge on any atom is -0.662 e. The van der Waals surface area contributed by atoms with Crippen LogP contribution in [0.4, 0.5) is 4.79 Å². The van der Waals surface area contributed by atoms with E-state index in [0.717, 1.165) is 30.0 Å². The third-order valence-corrected chi connectivity index (χ3v) is 4.89. The third kappa shape index (κ3) is 15.3. The van der Waals surface area contributed by atoms with Gasteiger partial charge in [0, 0.05) is 44.1 Å². The second-order valence-electron chi connectivity index (χ2n) is 9.16. The number of nitrogens with one attached hydrogen (secondary N) is 2. The number of carboxylic acid groups (broad SMARTS) is 1. The van der Waals surface area contributed by atoms with Crippen molar-refractivity contribution in [1.29, 1.82) is 0 Å². The van der Waals surface area contributed by atoms with Crippen LogP contribution in [0.2, 0.25) is 0 Å². The second-order valence-corrected chi connectivity index (χ2v) is 9.16. The van der Waals surface area contributed by atoms with E-state index in [4.69, 9.17) is 14.6 Å². The van der Waals surface area contributed by atoms with Gasteiger partial charge in [-0.1, -0.05) is 43.2 Å². The number of hydrogen-bond donors (Lipinski definition) is 3. The number of aliphatic carboxylic acids is 1. The summed E-state index contributed by atoms with van der Waals surface area (Å²) in [6, 6.07) is 14.8. The molecule has 2 aromatic carbocycles. The van der Waals surface area contributed by atoms with Gasteiger partial charge in [-0.05, 0) is 56.5 Å². The Kier molecular flexibility index (Phi) is 17.6. The Balaban J connectivity index is 0.000000750. The molecule has 3 rings (SSSR count). The molecule has 9 nitrogen and oxygen atoms in total. The number of amides is 2. The van der Waals surface area contributed by atoms with Gasteiger partial charge in [-0.3, -0.25) is 9.59 Å². The first-order chi connectivity index (χ1) is 17.6. The molecular formula is C28H40N3O6V-. The van der Waals surface area contributed by atoms with Crippen LogP contribution in [0, 0.1) is 0 Å². The second kappa shape index (κ2) is 19.1. The van der Waals surface area contributed by atoms with Crippen molar-refractivity contribution in [1.82, 2.24) is 10.6 Å². The quantitative estimate of drug-likeness (QED) is 0.394. The molecule has 2 amide bonds. The molecule has 38 heavy (non-hydrogen) atoms. The summed E-state index contributed by atoms with van der Waals surface area (Å²) >= 11 is 0. The summed E-state index contributed by atoms with van der Waals surface area (Å²) in [5.41, 5.74) is 1.86. The summed E-state index contributed by atoms with van der Waals surface area (Å²) in [7, 11) is 3.13. The van der Waals surface area contributed by atoms with Crippen LogP contribution in [-0.2, 0) is 28.1 Å². The number of rotatable bonds is 7. The molecule has 1 aliphatic heterocycles. The van der Waals surface area contributed by atoms with Crippen LogP contribution in [-0.4, -0.2) is 62.5 Å². The summed E-state index contributed by atoms with van der Waals surface area (Å²) in [6.45, 7) is 8.05. The fraction of sp³-hybridized carbons (Fsp3) is 0.464. The fourth-order valence-corrected chi connectivity index (χ4v) is 3.15. The maximum Gasteiger partial charge on any atom is 0.407 e. The zero-order valence-corrected chi connectivity index (χ0v) is 24.3. The van der Waals surface area contributed by atoms with Crippen LogP contribution in [0.5, 0.6) is 5.75 Å². The van der Waals surface area contributed by atoms with E-state index in [1.165, 1.54) is 19.9 Å². The molecule has 10 heteroatoms. The Morgan fingerprint density at radius 2 is 1.68 bits per heavy atom. The smallest absolute Gasteiger partial charge is 0.407 e. The maximum absolute atomic E-state index is 12.3. The SMILES string of the molecule is C1CC[N-]C1.CNC(=O)OC(C)(C)C.COc1cccc(-c2ccccc2C(=O)NCCCC(=O)O)c1.[V]. The maximum atomic E-state index is 12.3. The molecule has 1 saturated heterocycles. The van der Waals surface area contributed by atoms with E-state index in [1.807, 2.05) is 57.2 Å². The van der Waals surface area contributed by atoms with Crippen molar-refractivity contribution < 1.29 is 47.5 Å². The van der Waals surface area contributed by atoms with Gasteiger partial charge in [-0.25, -0.2) is 4.79 Å². The van der Waals surface area contributed by atoms with Crippen molar-refractivity contribution in [2.24, 2.45) is 0 Å². The van der Waals surface area contributed by atoms with Gasteiger partial charge in [0.05, 0.1) is 7.11 Å². The molecule has 0 atom stereocenters. The van der Waals surface area contributed by atoms with E-state index in [9.17, 15) is 14.4 Å². The van der Waals surface area contributed by atoms with Crippen LogP contribution in [0.25, 0.3) is 16.4 Å². The number of nitrogens with zero attached hydrogens (tertiary/aromatic N) is 1. The summed E-state index contributed by atoms with van der Waals surface area (Å²) < 4.78 is 10.1. The first-order valence-corrected chi connectivity index (χ1v) is 12.3. The summed E-state index contributed by atoms with van der Waals surface area (Å²) in [5.74, 6) is -0.357. The summed E-state index contributed by atoms with van der Waals surface area (Å²) in [5, 5.41) is 17.8. The minimum absolute atomic E-state index is 0. The van der Waals surface area contributed by atoms with E-state index < -0.39 is 5.97 Å². The number of alkyl carbamates (subject to hydrolysis) is 1. The molecule has 209 valence electrons. The molecule has 3 N–H and O–H groups in total. The van der Waals surface area contributed by atoms with Gasteiger partial charge in [0.15, 0.2) is 0 Å². The van der Waals surface area contributed by atoms with E-state index in [2.05, 4.69) is 16.0 Å². The van der Waals surface area contributed by atoms with Crippen molar-refractivity contribution in [2.45, 2.75) is 52.1 Å². The van der Waals surface area contributed by atoms with Gasteiger partial charge in [0.25, 0.3) is 5.91 Å². The van der Waals surface area contributed by atoms with E-state index in [0.29, 0.717) is 18.5 Å². The van der Waals surface area contributed by atoms with Gasteiger partial charge in [0.2, 0.25) is 0 Å². The van der Waals surface area contributed by atoms with E-state index >= 15 is 0 Å². The van der Waals surface area contributed by atoms with Crippen LogP contribution in [0.15, 0.2) is 48.5 Å². The molecule has 0 spiro atoms. The molecule has 2 aromatic rings. The molecule has 1 fully saturated rings. The Hall–Kier alpha value is -3.01. The first-order valence-electron chi connectivity index (χ1n) is 12.3. The van der Waals surface area contributed by atoms with E-state index in [1.54, 1.807) is 19.2 Å². The van der Waals surface area contributed by atoms with E-state index in [-0.39, 0.29) is 42.6 Å². The van der Waals surface area contributed by atoms with Crippen LogP contribution < -0.4 is 15.4 Å². The largest absolute Gasteiger partial charge is 0.662 e. The van der Waals surface area contributed by atoms with Crippen LogP contribution >= 0.6 is 0 Å². The van der Waals surface area contributed by atoms with Crippen molar-refractivity contribution in [3.8, 4) is 16.9 Å². The number of hydrogen-bond acceptors (Lipinski definition) is 5. The zero-order chi connectivity index (χ0) is 27.7. The van der Waals surface area contributed by atoms with Crippen molar-refractivity contribution >= 4 is 18.0 Å². The van der Waals surface area contributed by atoms with Crippen molar-refractivity contribution in [2.75, 3.05) is 33.8 Å². The Bertz CT molecular complexity index is 983. The van der Waals surface area contributed by atoms with Crippen LogP contribution in [0.3, 0.4) is 0 Å². The first kappa shape index (κ1) is 35.0. The Morgan fingerprint density at radius 3 is 2.18 bits per heavy atom. The average Bonchev–Trinajstić information content (AvgIpc) is 3.46. The van der Waals surface area contributed by atoms with Crippen molar-refractivity contribution in [3.63, 3.8) is 0 Å². The predicted molar refractivity (Wildman–Crippen MR) is 145 cm³/mol. The molecule has 0 unspecified atom stereocenters. The molecule has 0 aliphatic carbocycles. The van der Waals surface area contributed by atoms with Gasteiger partial charge < -0.3 is 30.5 Å². The number of carboxylic acids is 1. The number of carbonyl (C=O) groups excluding carboxylic acids is 2. The predicted octanol–water partition coefficient (Wildman–Crippen LogP) is 5.25. The van der Waals surface area contributed by atoms with Gasteiger partial charge in [-0.15, -0.1) is 13.1 Å². The standard InChI is InChI=1S/C18H19NO4.C6H13NO2.C4H8N.V/c1-23-14-7-4-6-13(12-14)15-8-2-3-9-16(15)18(22)19-11-5-10-17(20)21;1-6(2,3)9-5(8)7-4;1-2-4-5-3-1;/h2-4,6-9,12H,5,10-11H2,1H3,(H,19,22)(H,20,21);1-4H3,(H,7,8);1-4H2;/q;;-1;. The zero-order valence-electron chi connectivity index (χ0n) is 23.0. The number of benzene rings is 2. The number of methoxy groups -OCH3 is 1. The summed E-state index contributed by atoms with van der Waals surface area (Å²) in [4.78, 5) is 33.3. The molecule has 1 aliphatic rings. The molecule has 1 heterocycles. The number of carbonyl (C=O) groups is 3. The third-order valence-electron chi connectivity index (χ3n) is 4.89. The Labute approximate surface area is 237 Å². The van der Waals surface area contributed by atoms with Crippen LogP contribution in [0.1, 0.15) is 56.8 Å². The molecule has 0 bridgehead atoms. The van der Waals surface area contributed by atoms with Crippen molar-refractivity contribution in [3.05, 3.63) is 59.4 Å². The Morgan fingerprint density at radius 1 is 1.03 bits per heavy atom. The van der Waals surface area contributed by atoms with Gasteiger partial charge in [0.1, 0.15) is 11.4 Å². The average molecular weight is 566 g/mol. The molecule has 1 radical (unpaired) electrons. The summed E-state index contributed by atoms with van der Waals surface area (Å²) in [6.07, 6.45) is 2.72. The topological polar surface area (TPSA) is 128 Å². The van der Waals surface area contributed by atoms with Gasteiger partial charge >= 0.3 is 12.1 Å². The molecular weight excluding hydrogens is 525 g/mol. The minimum atomic E-state index is -0.865.